The van der Waals surface area contributed by atoms with E-state index in [9.17, 15) is 0 Å². The molecule has 0 saturated carbocycles. The molecule has 0 atom stereocenters. The van der Waals surface area contributed by atoms with Gasteiger partial charge in [0.25, 0.3) is 0 Å². The summed E-state index contributed by atoms with van der Waals surface area (Å²) in [6, 6.07) is 3.94. The van der Waals surface area contributed by atoms with Crippen molar-refractivity contribution in [3.05, 3.63) is 23.5 Å². The molecule has 6 nitrogen and oxygen atoms in total. The number of aromatic nitrogens is 1. The van der Waals surface area contributed by atoms with Crippen molar-refractivity contribution in [1.29, 1.82) is 0 Å². The summed E-state index contributed by atoms with van der Waals surface area (Å²) in [6.07, 6.45) is -0.0723. The number of nitrogens with zero attached hydrogens (tertiary/aromatic N) is 1. The maximum atomic E-state index is 8.89. The number of hydrogen-bond donors (Lipinski definition) is 1. The molecule has 116 valence electrons. The van der Waals surface area contributed by atoms with Gasteiger partial charge in [-0.25, -0.2) is 4.98 Å². The molecule has 0 amide bonds. The molecule has 2 saturated heterocycles. The topological polar surface area (TPSA) is 70.0 Å². The highest BCUT2D eigenvalue weighted by atomic mass is 32.2. The van der Waals surface area contributed by atoms with E-state index in [0.29, 0.717) is 26.4 Å². The summed E-state index contributed by atoms with van der Waals surface area (Å²) in [6.45, 7) is 2.53. The standard InChI is InChI=1S/C14H19NO5S/c16-2-1-7-21-10-8-11(13-17-3-4-18-13)15-12(9-10)14-19-5-6-20-14/h8-9,13-14,16H,1-7H2. The lowest BCUT2D eigenvalue weighted by molar-refractivity contribution is -0.0557. The summed E-state index contributed by atoms with van der Waals surface area (Å²) in [5.74, 6) is 0.845. The van der Waals surface area contributed by atoms with Crippen molar-refractivity contribution < 1.29 is 24.1 Å². The molecule has 2 fully saturated rings. The third kappa shape index (κ3) is 3.94. The monoisotopic (exact) mass is 313 g/mol. The van der Waals surface area contributed by atoms with Crippen molar-refractivity contribution in [2.45, 2.75) is 23.9 Å². The number of aliphatic hydroxyl groups is 1. The van der Waals surface area contributed by atoms with E-state index in [1.165, 1.54) is 0 Å². The molecule has 0 aromatic carbocycles. The Kier molecular flexibility index (Phi) is 5.45. The van der Waals surface area contributed by atoms with Gasteiger partial charge in [-0.2, -0.15) is 0 Å². The number of rotatable bonds is 6. The Labute approximate surface area is 127 Å². The average molecular weight is 313 g/mol. The predicted molar refractivity (Wildman–Crippen MR) is 76.0 cm³/mol. The highest BCUT2D eigenvalue weighted by molar-refractivity contribution is 7.99. The van der Waals surface area contributed by atoms with Crippen LogP contribution in [-0.2, 0) is 18.9 Å². The summed E-state index contributed by atoms with van der Waals surface area (Å²) in [4.78, 5) is 5.62. The minimum atomic E-state index is -0.413. The van der Waals surface area contributed by atoms with Crippen molar-refractivity contribution in [3.63, 3.8) is 0 Å². The first kappa shape index (κ1) is 15.2. The first-order valence-electron chi connectivity index (χ1n) is 7.09. The first-order chi connectivity index (χ1) is 10.4. The van der Waals surface area contributed by atoms with Gasteiger partial charge in [-0.3, -0.25) is 0 Å². The Morgan fingerprint density at radius 1 is 1.00 bits per heavy atom. The second-order valence-electron chi connectivity index (χ2n) is 4.73. The van der Waals surface area contributed by atoms with Crippen LogP contribution in [0.5, 0.6) is 0 Å². The second kappa shape index (κ2) is 7.53. The Bertz CT molecular complexity index is 426. The van der Waals surface area contributed by atoms with E-state index in [4.69, 9.17) is 24.1 Å². The van der Waals surface area contributed by atoms with Crippen LogP contribution in [0.3, 0.4) is 0 Å². The van der Waals surface area contributed by atoms with Crippen LogP contribution in [0.1, 0.15) is 30.4 Å². The van der Waals surface area contributed by atoms with Gasteiger partial charge < -0.3 is 24.1 Å². The van der Waals surface area contributed by atoms with Crippen molar-refractivity contribution in [2.24, 2.45) is 0 Å². The molecule has 1 aromatic heterocycles. The van der Waals surface area contributed by atoms with E-state index in [0.717, 1.165) is 28.5 Å². The molecule has 1 aromatic rings. The molecule has 2 aliphatic heterocycles. The SMILES string of the molecule is OCCCSc1cc(C2OCCO2)nc(C2OCCO2)c1. The summed E-state index contributed by atoms with van der Waals surface area (Å²) in [5, 5.41) is 8.89. The number of pyridine rings is 1. The Balaban J connectivity index is 1.80. The van der Waals surface area contributed by atoms with Crippen molar-refractivity contribution >= 4 is 11.8 Å². The fourth-order valence-corrected chi connectivity index (χ4v) is 3.10. The summed E-state index contributed by atoms with van der Waals surface area (Å²) in [5.41, 5.74) is 1.49. The van der Waals surface area contributed by atoms with Gasteiger partial charge in [-0.05, 0) is 18.6 Å². The minimum absolute atomic E-state index is 0.196. The van der Waals surface area contributed by atoms with E-state index in [1.807, 2.05) is 12.1 Å². The Morgan fingerprint density at radius 2 is 1.52 bits per heavy atom. The summed E-state index contributed by atoms with van der Waals surface area (Å²) in [7, 11) is 0. The molecule has 2 aliphatic rings. The van der Waals surface area contributed by atoms with Crippen LogP contribution in [0.15, 0.2) is 17.0 Å². The Morgan fingerprint density at radius 3 is 2.00 bits per heavy atom. The maximum absolute atomic E-state index is 8.89. The van der Waals surface area contributed by atoms with Crippen LogP contribution in [0, 0.1) is 0 Å². The molecule has 3 heterocycles. The van der Waals surface area contributed by atoms with Gasteiger partial charge in [0.15, 0.2) is 0 Å². The number of hydrogen-bond acceptors (Lipinski definition) is 7. The average Bonchev–Trinajstić information content (AvgIpc) is 3.21. The van der Waals surface area contributed by atoms with Crippen molar-refractivity contribution in [1.82, 2.24) is 4.98 Å². The van der Waals surface area contributed by atoms with Crippen molar-refractivity contribution in [2.75, 3.05) is 38.8 Å². The molecule has 0 radical (unpaired) electrons. The third-order valence-corrected chi connectivity index (χ3v) is 4.20. The lowest BCUT2D eigenvalue weighted by Crippen LogP contribution is -2.08. The molecule has 21 heavy (non-hydrogen) atoms. The Hall–Kier alpha value is -0.700. The van der Waals surface area contributed by atoms with Gasteiger partial charge in [0.1, 0.15) is 0 Å². The molecule has 0 aliphatic carbocycles. The van der Waals surface area contributed by atoms with Crippen LogP contribution in [-0.4, -0.2) is 48.9 Å². The summed E-state index contributed by atoms with van der Waals surface area (Å²) < 4.78 is 22.1. The van der Waals surface area contributed by atoms with E-state index in [-0.39, 0.29) is 6.61 Å². The maximum Gasteiger partial charge on any atom is 0.201 e. The van der Waals surface area contributed by atoms with Gasteiger partial charge in [-0.15, -0.1) is 11.8 Å². The van der Waals surface area contributed by atoms with Gasteiger partial charge in [0.05, 0.1) is 37.8 Å². The van der Waals surface area contributed by atoms with Gasteiger partial charge >= 0.3 is 0 Å². The van der Waals surface area contributed by atoms with Gasteiger partial charge in [0, 0.05) is 17.3 Å². The fraction of sp³-hybridized carbons (Fsp3) is 0.643. The zero-order chi connectivity index (χ0) is 14.5. The number of thioether (sulfide) groups is 1. The second-order valence-corrected chi connectivity index (χ2v) is 5.89. The van der Waals surface area contributed by atoms with Crippen LogP contribution in [0.4, 0.5) is 0 Å². The molecule has 7 heteroatoms. The van der Waals surface area contributed by atoms with Gasteiger partial charge in [0.2, 0.25) is 12.6 Å². The first-order valence-corrected chi connectivity index (χ1v) is 8.07. The third-order valence-electron chi connectivity index (χ3n) is 3.14. The molecule has 1 N–H and O–H groups in total. The zero-order valence-electron chi connectivity index (χ0n) is 11.7. The normalized spacial score (nSPS) is 20.4. The van der Waals surface area contributed by atoms with Crippen molar-refractivity contribution in [3.8, 4) is 0 Å². The lowest BCUT2D eigenvalue weighted by atomic mass is 10.3. The van der Waals surface area contributed by atoms with E-state index in [1.54, 1.807) is 11.8 Å². The molecular weight excluding hydrogens is 294 g/mol. The quantitative estimate of drug-likeness (QED) is 0.632. The zero-order valence-corrected chi connectivity index (χ0v) is 12.5. The van der Waals surface area contributed by atoms with Crippen LogP contribution in [0.2, 0.25) is 0 Å². The smallest absolute Gasteiger partial charge is 0.201 e. The highest BCUT2D eigenvalue weighted by Crippen LogP contribution is 2.31. The molecule has 0 bridgehead atoms. The molecule has 0 spiro atoms. The van der Waals surface area contributed by atoms with Crippen LogP contribution < -0.4 is 0 Å². The summed E-state index contributed by atoms with van der Waals surface area (Å²) >= 11 is 1.67. The number of aliphatic hydroxyl groups excluding tert-OH is 1. The van der Waals surface area contributed by atoms with Gasteiger partial charge in [-0.1, -0.05) is 0 Å². The van der Waals surface area contributed by atoms with Crippen LogP contribution >= 0.6 is 11.8 Å². The minimum Gasteiger partial charge on any atom is -0.396 e. The van der Waals surface area contributed by atoms with E-state index >= 15 is 0 Å². The largest absolute Gasteiger partial charge is 0.396 e. The molecular formula is C14H19NO5S. The van der Waals surface area contributed by atoms with E-state index < -0.39 is 12.6 Å². The van der Waals surface area contributed by atoms with E-state index in [2.05, 4.69) is 4.98 Å². The number of ether oxygens (including phenoxy) is 4. The fourth-order valence-electron chi connectivity index (χ4n) is 2.18. The lowest BCUT2D eigenvalue weighted by Gasteiger charge is -2.15. The highest BCUT2D eigenvalue weighted by Gasteiger charge is 2.25. The molecule has 3 rings (SSSR count). The predicted octanol–water partition coefficient (Wildman–Crippen LogP) is 1.65. The molecule has 0 unspecified atom stereocenters. The van der Waals surface area contributed by atoms with Crippen LogP contribution in [0.25, 0.3) is 0 Å².